The number of nitrogens with one attached hydrogen (secondary N) is 1. The van der Waals surface area contributed by atoms with Crippen molar-refractivity contribution in [1.29, 1.82) is 0 Å². The largest absolute Gasteiger partial charge is 0.508 e. The topological polar surface area (TPSA) is 102 Å². The Morgan fingerprint density at radius 2 is 1.65 bits per heavy atom. The van der Waals surface area contributed by atoms with E-state index in [0.29, 0.717) is 15.6 Å². The molecule has 0 spiro atoms. The fourth-order valence-corrected chi connectivity index (χ4v) is 3.47. The number of rotatable bonds is 3. The number of halogens is 2. The Morgan fingerprint density at radius 1 is 0.962 bits per heavy atom. The van der Waals surface area contributed by atoms with Gasteiger partial charge in [0.05, 0.1) is 10.7 Å². The summed E-state index contributed by atoms with van der Waals surface area (Å²) in [6.07, 6.45) is 1.27. The Morgan fingerprint density at radius 3 is 2.42 bits per heavy atom. The quantitative estimate of drug-likeness (QED) is 0.333. The van der Waals surface area contributed by atoms with Crippen molar-refractivity contribution in [3.63, 3.8) is 0 Å². The van der Waals surface area contributed by atoms with Gasteiger partial charge in [0.2, 0.25) is 0 Å². The van der Waals surface area contributed by atoms with Crippen molar-refractivity contribution in [2.45, 2.75) is 0 Å². The molecular formula is C18H12Br2N2O4. The molecular weight excluding hydrogens is 468 g/mol. The molecule has 0 aliphatic rings. The standard InChI is InChI=1S/C18H12Br2N2O4/c19-14-7-12(16(24)15(20)17(14)25)8-21-22-18(26)11-2-1-10-6-13(23)4-3-9(10)5-11/h1-8,23-25H,(H,22,26)/b21-8+. The SMILES string of the molecule is O=C(N/N=C/c1cc(Br)c(O)c(Br)c1O)c1ccc2cc(O)ccc2c1. The van der Waals surface area contributed by atoms with Crippen LogP contribution in [0.25, 0.3) is 10.8 Å². The average Bonchev–Trinajstić information content (AvgIpc) is 2.63. The summed E-state index contributed by atoms with van der Waals surface area (Å²) in [4.78, 5) is 12.2. The Balaban J connectivity index is 1.79. The first-order chi connectivity index (χ1) is 12.4. The van der Waals surface area contributed by atoms with E-state index in [2.05, 4.69) is 42.4 Å². The Hall–Kier alpha value is -2.58. The van der Waals surface area contributed by atoms with Crippen molar-refractivity contribution >= 4 is 54.8 Å². The lowest BCUT2D eigenvalue weighted by Gasteiger charge is -2.06. The number of carbonyl (C=O) groups is 1. The average molecular weight is 480 g/mol. The Bertz CT molecular complexity index is 1050. The highest BCUT2D eigenvalue weighted by molar-refractivity contribution is 9.11. The summed E-state index contributed by atoms with van der Waals surface area (Å²) in [6, 6.07) is 11.4. The van der Waals surface area contributed by atoms with Crippen molar-refractivity contribution < 1.29 is 20.1 Å². The maximum absolute atomic E-state index is 12.2. The van der Waals surface area contributed by atoms with Gasteiger partial charge < -0.3 is 15.3 Å². The minimum atomic E-state index is -0.423. The third-order valence-corrected chi connectivity index (χ3v) is 5.01. The highest BCUT2D eigenvalue weighted by Gasteiger charge is 2.13. The number of carbonyl (C=O) groups excluding carboxylic acids is 1. The second-order valence-electron chi connectivity index (χ2n) is 5.40. The summed E-state index contributed by atoms with van der Waals surface area (Å²) in [6.45, 7) is 0. The number of phenols is 3. The third kappa shape index (κ3) is 3.66. The summed E-state index contributed by atoms with van der Waals surface area (Å²) >= 11 is 6.23. The molecule has 0 saturated carbocycles. The van der Waals surface area contributed by atoms with Crippen LogP contribution in [-0.4, -0.2) is 27.4 Å². The van der Waals surface area contributed by atoms with Gasteiger partial charge in [-0.25, -0.2) is 5.43 Å². The smallest absolute Gasteiger partial charge is 0.271 e. The van der Waals surface area contributed by atoms with Crippen LogP contribution in [0, 0.1) is 0 Å². The lowest BCUT2D eigenvalue weighted by molar-refractivity contribution is 0.0955. The van der Waals surface area contributed by atoms with Gasteiger partial charge in [-0.15, -0.1) is 0 Å². The number of hydrazone groups is 1. The van der Waals surface area contributed by atoms with Crippen LogP contribution in [0.1, 0.15) is 15.9 Å². The van der Waals surface area contributed by atoms with Crippen LogP contribution in [-0.2, 0) is 0 Å². The van der Waals surface area contributed by atoms with Crippen molar-refractivity contribution in [2.75, 3.05) is 0 Å². The minimum Gasteiger partial charge on any atom is -0.508 e. The van der Waals surface area contributed by atoms with Crippen LogP contribution in [0.3, 0.4) is 0 Å². The molecule has 1 amide bonds. The van der Waals surface area contributed by atoms with E-state index in [1.165, 1.54) is 12.3 Å². The molecule has 0 atom stereocenters. The molecule has 132 valence electrons. The van der Waals surface area contributed by atoms with Gasteiger partial charge in [0.1, 0.15) is 21.7 Å². The van der Waals surface area contributed by atoms with Gasteiger partial charge in [-0.05, 0) is 73.0 Å². The van der Waals surface area contributed by atoms with Crippen molar-refractivity contribution in [1.82, 2.24) is 5.43 Å². The number of hydrogen-bond donors (Lipinski definition) is 4. The minimum absolute atomic E-state index is 0.123. The van der Waals surface area contributed by atoms with Crippen LogP contribution in [0.4, 0.5) is 0 Å². The molecule has 26 heavy (non-hydrogen) atoms. The summed E-state index contributed by atoms with van der Waals surface area (Å²) in [7, 11) is 0. The van der Waals surface area contributed by atoms with E-state index in [1.54, 1.807) is 36.4 Å². The van der Waals surface area contributed by atoms with Crippen molar-refractivity contribution in [3.05, 3.63) is 62.5 Å². The molecule has 3 aromatic carbocycles. The first kappa shape index (κ1) is 18.2. The van der Waals surface area contributed by atoms with Crippen molar-refractivity contribution in [3.8, 4) is 17.2 Å². The van der Waals surface area contributed by atoms with Crippen LogP contribution >= 0.6 is 31.9 Å². The fourth-order valence-electron chi connectivity index (χ4n) is 2.31. The van der Waals surface area contributed by atoms with Gasteiger partial charge >= 0.3 is 0 Å². The van der Waals surface area contributed by atoms with E-state index in [4.69, 9.17) is 0 Å². The number of phenolic OH excluding ortho intramolecular Hbond substituents is 3. The summed E-state index contributed by atoms with van der Waals surface area (Å²) in [5.74, 6) is -0.599. The highest BCUT2D eigenvalue weighted by Crippen LogP contribution is 2.40. The zero-order valence-electron chi connectivity index (χ0n) is 13.1. The van der Waals surface area contributed by atoms with Gasteiger partial charge in [0, 0.05) is 11.1 Å². The van der Waals surface area contributed by atoms with Crippen LogP contribution in [0.5, 0.6) is 17.2 Å². The van der Waals surface area contributed by atoms with E-state index < -0.39 is 5.91 Å². The molecule has 8 heteroatoms. The van der Waals surface area contributed by atoms with E-state index in [1.807, 2.05) is 0 Å². The first-order valence-electron chi connectivity index (χ1n) is 7.33. The summed E-state index contributed by atoms with van der Waals surface area (Å²) in [5.41, 5.74) is 3.08. The molecule has 0 fully saturated rings. The maximum atomic E-state index is 12.2. The van der Waals surface area contributed by atoms with Gasteiger partial charge in [0.25, 0.3) is 5.91 Å². The number of nitrogens with zero attached hydrogens (tertiary/aromatic N) is 1. The van der Waals surface area contributed by atoms with Crippen LogP contribution < -0.4 is 5.43 Å². The number of fused-ring (bicyclic) bond motifs is 1. The van der Waals surface area contributed by atoms with Gasteiger partial charge in [0.15, 0.2) is 0 Å². The fraction of sp³-hybridized carbons (Fsp3) is 0. The summed E-state index contributed by atoms with van der Waals surface area (Å²) < 4.78 is 0.491. The first-order valence-corrected chi connectivity index (χ1v) is 8.91. The van der Waals surface area contributed by atoms with Crippen LogP contribution in [0.2, 0.25) is 0 Å². The van der Waals surface area contributed by atoms with Gasteiger partial charge in [-0.2, -0.15) is 5.10 Å². The molecule has 0 aliphatic heterocycles. The predicted octanol–water partition coefficient (Wildman–Crippen LogP) is 4.25. The lowest BCUT2D eigenvalue weighted by Crippen LogP contribution is -2.17. The molecule has 0 aromatic heterocycles. The van der Waals surface area contributed by atoms with Gasteiger partial charge in [-0.1, -0.05) is 12.1 Å². The van der Waals surface area contributed by atoms with E-state index >= 15 is 0 Å². The zero-order valence-corrected chi connectivity index (χ0v) is 16.2. The molecule has 0 radical (unpaired) electrons. The monoisotopic (exact) mass is 478 g/mol. The number of aromatic hydroxyl groups is 3. The molecule has 3 aromatic rings. The molecule has 0 saturated heterocycles. The third-order valence-electron chi connectivity index (χ3n) is 3.65. The lowest BCUT2D eigenvalue weighted by atomic mass is 10.1. The molecule has 0 unspecified atom stereocenters. The number of benzene rings is 3. The molecule has 4 N–H and O–H groups in total. The summed E-state index contributed by atoms with van der Waals surface area (Å²) in [5, 5.41) is 34.6. The normalized spacial score (nSPS) is 11.2. The molecule has 6 nitrogen and oxygen atoms in total. The van der Waals surface area contributed by atoms with Gasteiger partial charge in [-0.3, -0.25) is 4.79 Å². The molecule has 0 heterocycles. The molecule has 0 aliphatic carbocycles. The molecule has 0 bridgehead atoms. The Kier molecular flexibility index (Phi) is 5.15. The highest BCUT2D eigenvalue weighted by atomic mass is 79.9. The van der Waals surface area contributed by atoms with Crippen molar-refractivity contribution in [2.24, 2.45) is 5.10 Å². The number of amides is 1. The molecule has 3 rings (SSSR count). The number of hydrogen-bond acceptors (Lipinski definition) is 5. The van der Waals surface area contributed by atoms with Crippen LogP contribution in [0.15, 0.2) is 56.5 Å². The van der Waals surface area contributed by atoms with E-state index in [-0.39, 0.29) is 21.7 Å². The van der Waals surface area contributed by atoms with E-state index in [9.17, 15) is 20.1 Å². The Labute approximate surface area is 165 Å². The van der Waals surface area contributed by atoms with E-state index in [0.717, 1.165) is 10.8 Å². The maximum Gasteiger partial charge on any atom is 0.271 e. The zero-order chi connectivity index (χ0) is 18.8. The second kappa shape index (κ2) is 7.35. The second-order valence-corrected chi connectivity index (χ2v) is 7.05. The predicted molar refractivity (Wildman–Crippen MR) is 106 cm³/mol.